The number of non-ortho nitro benzene ring substituents is 1. The summed E-state index contributed by atoms with van der Waals surface area (Å²) in [6.45, 7) is 1.07. The molecule has 0 aliphatic carbocycles. The highest BCUT2D eigenvalue weighted by atomic mass is 35.5. The van der Waals surface area contributed by atoms with Gasteiger partial charge in [-0.2, -0.15) is 0 Å². The SMILES string of the molecule is O=C(ON1CCCOC1c1ccc(Cl)cc1)c1ccc([N+](=O)[O-])cc1. The summed E-state index contributed by atoms with van der Waals surface area (Å²) in [6, 6.07) is 12.4. The third-order valence-corrected chi connectivity index (χ3v) is 3.98. The van der Waals surface area contributed by atoms with Gasteiger partial charge < -0.3 is 9.57 Å². The standard InChI is InChI=1S/C17H15ClN2O5/c18-14-6-2-12(3-7-14)16-19(10-1-11-24-16)25-17(21)13-4-8-15(9-5-13)20(22)23/h2-9,16H,1,10-11H2. The number of ether oxygens (including phenoxy) is 1. The van der Waals surface area contributed by atoms with E-state index in [1.165, 1.54) is 29.3 Å². The average molecular weight is 363 g/mol. The lowest BCUT2D eigenvalue weighted by Gasteiger charge is -2.33. The lowest BCUT2D eigenvalue weighted by molar-refractivity contribution is -0.384. The number of hydroxylamine groups is 2. The van der Waals surface area contributed by atoms with Crippen LogP contribution in [0.15, 0.2) is 48.5 Å². The molecular formula is C17H15ClN2O5. The average Bonchev–Trinajstić information content (AvgIpc) is 2.63. The van der Waals surface area contributed by atoms with E-state index < -0.39 is 17.1 Å². The highest BCUT2D eigenvalue weighted by molar-refractivity contribution is 6.30. The molecule has 25 heavy (non-hydrogen) atoms. The molecule has 1 saturated heterocycles. The number of halogens is 1. The minimum Gasteiger partial charge on any atom is -0.361 e. The van der Waals surface area contributed by atoms with Gasteiger partial charge in [-0.15, -0.1) is 5.06 Å². The molecule has 0 amide bonds. The Hall–Kier alpha value is -2.48. The van der Waals surface area contributed by atoms with Gasteiger partial charge in [0.05, 0.1) is 17.1 Å². The topological polar surface area (TPSA) is 81.9 Å². The Morgan fingerprint density at radius 3 is 2.52 bits per heavy atom. The molecule has 8 heteroatoms. The molecule has 1 aliphatic heterocycles. The molecule has 1 aliphatic rings. The molecule has 3 rings (SSSR count). The summed E-state index contributed by atoms with van der Waals surface area (Å²) in [5.41, 5.74) is 0.962. The van der Waals surface area contributed by atoms with Crippen molar-refractivity contribution in [3.8, 4) is 0 Å². The van der Waals surface area contributed by atoms with Gasteiger partial charge in [0.25, 0.3) is 5.69 Å². The Bertz CT molecular complexity index is 764. The quantitative estimate of drug-likeness (QED) is 0.608. The fraction of sp³-hybridized carbons (Fsp3) is 0.235. The van der Waals surface area contributed by atoms with E-state index in [9.17, 15) is 14.9 Å². The van der Waals surface area contributed by atoms with E-state index in [1.54, 1.807) is 12.1 Å². The zero-order valence-electron chi connectivity index (χ0n) is 13.1. The summed E-state index contributed by atoms with van der Waals surface area (Å²) in [5.74, 6) is -0.598. The first-order chi connectivity index (χ1) is 12.0. The zero-order chi connectivity index (χ0) is 17.8. The van der Waals surface area contributed by atoms with Crippen molar-refractivity contribution in [3.63, 3.8) is 0 Å². The monoisotopic (exact) mass is 362 g/mol. The van der Waals surface area contributed by atoms with Gasteiger partial charge in [-0.1, -0.05) is 23.7 Å². The lowest BCUT2D eigenvalue weighted by atomic mass is 10.1. The number of carbonyl (C=O) groups excluding carboxylic acids is 1. The minimum absolute atomic E-state index is 0.0862. The molecule has 2 aromatic carbocycles. The third kappa shape index (κ3) is 4.14. The predicted octanol–water partition coefficient (Wildman–Crippen LogP) is 3.74. The lowest BCUT2D eigenvalue weighted by Crippen LogP contribution is -2.38. The van der Waals surface area contributed by atoms with Crippen molar-refractivity contribution in [1.82, 2.24) is 5.06 Å². The van der Waals surface area contributed by atoms with Crippen LogP contribution in [0.3, 0.4) is 0 Å². The van der Waals surface area contributed by atoms with E-state index in [1.807, 2.05) is 12.1 Å². The zero-order valence-corrected chi connectivity index (χ0v) is 13.9. The van der Waals surface area contributed by atoms with Crippen molar-refractivity contribution in [1.29, 1.82) is 0 Å². The number of nitro benzene ring substituents is 1. The van der Waals surface area contributed by atoms with Crippen LogP contribution < -0.4 is 0 Å². The Morgan fingerprint density at radius 1 is 1.20 bits per heavy atom. The van der Waals surface area contributed by atoms with E-state index in [2.05, 4.69) is 0 Å². The highest BCUT2D eigenvalue weighted by Gasteiger charge is 2.28. The van der Waals surface area contributed by atoms with E-state index >= 15 is 0 Å². The Labute approximate surface area is 148 Å². The summed E-state index contributed by atoms with van der Waals surface area (Å²) in [7, 11) is 0. The van der Waals surface area contributed by atoms with Crippen molar-refractivity contribution in [2.75, 3.05) is 13.2 Å². The summed E-state index contributed by atoms with van der Waals surface area (Å²) >= 11 is 5.90. The molecule has 0 spiro atoms. The van der Waals surface area contributed by atoms with Gasteiger partial charge in [0.15, 0.2) is 6.23 Å². The van der Waals surface area contributed by atoms with Crippen molar-refractivity contribution in [3.05, 3.63) is 74.8 Å². The number of rotatable bonds is 4. The Kier molecular flexibility index (Phi) is 5.28. The number of nitro groups is 1. The maximum Gasteiger partial charge on any atom is 0.357 e. The first kappa shape index (κ1) is 17.3. The van der Waals surface area contributed by atoms with Gasteiger partial charge in [-0.25, -0.2) is 4.79 Å². The molecule has 0 bridgehead atoms. The molecule has 1 unspecified atom stereocenters. The van der Waals surface area contributed by atoms with Gasteiger partial charge in [0.2, 0.25) is 0 Å². The number of carbonyl (C=O) groups is 1. The van der Waals surface area contributed by atoms with Gasteiger partial charge in [-0.05, 0) is 36.2 Å². The fourth-order valence-electron chi connectivity index (χ4n) is 2.48. The van der Waals surface area contributed by atoms with Crippen LogP contribution in [0.5, 0.6) is 0 Å². The molecule has 1 atom stereocenters. The van der Waals surface area contributed by atoms with Gasteiger partial charge in [0.1, 0.15) is 0 Å². The maximum absolute atomic E-state index is 12.3. The Morgan fingerprint density at radius 2 is 1.88 bits per heavy atom. The second-order valence-corrected chi connectivity index (χ2v) is 5.89. The Balaban J connectivity index is 1.73. The fourth-order valence-corrected chi connectivity index (χ4v) is 2.60. The molecular weight excluding hydrogens is 348 g/mol. The van der Waals surface area contributed by atoms with Crippen molar-refractivity contribution in [2.24, 2.45) is 0 Å². The number of hydrogen-bond donors (Lipinski definition) is 0. The van der Waals surface area contributed by atoms with Crippen LogP contribution in [0.2, 0.25) is 5.02 Å². The smallest absolute Gasteiger partial charge is 0.357 e. The molecule has 130 valence electrons. The van der Waals surface area contributed by atoms with E-state index in [0.717, 1.165) is 12.0 Å². The first-order valence-electron chi connectivity index (χ1n) is 7.65. The summed E-state index contributed by atoms with van der Waals surface area (Å²) in [5, 5.41) is 12.8. The number of benzene rings is 2. The molecule has 0 aromatic heterocycles. The number of nitrogens with zero attached hydrogens (tertiary/aromatic N) is 2. The van der Waals surface area contributed by atoms with Gasteiger partial charge >= 0.3 is 5.97 Å². The third-order valence-electron chi connectivity index (χ3n) is 3.73. The van der Waals surface area contributed by atoms with Gasteiger partial charge in [0, 0.05) is 23.7 Å². The normalized spacial score (nSPS) is 17.9. The first-order valence-corrected chi connectivity index (χ1v) is 8.03. The van der Waals surface area contributed by atoms with E-state index in [4.69, 9.17) is 21.2 Å². The largest absolute Gasteiger partial charge is 0.361 e. The second kappa shape index (κ2) is 7.60. The summed E-state index contributed by atoms with van der Waals surface area (Å²) < 4.78 is 5.72. The maximum atomic E-state index is 12.3. The van der Waals surface area contributed by atoms with E-state index in [-0.39, 0.29) is 11.3 Å². The van der Waals surface area contributed by atoms with Crippen LogP contribution >= 0.6 is 11.6 Å². The van der Waals surface area contributed by atoms with Crippen LogP contribution in [0.25, 0.3) is 0 Å². The predicted molar refractivity (Wildman–Crippen MR) is 90.0 cm³/mol. The molecule has 2 aromatic rings. The summed E-state index contributed by atoms with van der Waals surface area (Å²) in [4.78, 5) is 27.9. The van der Waals surface area contributed by atoms with Crippen molar-refractivity contribution < 1.29 is 19.3 Å². The molecule has 1 fully saturated rings. The molecule has 7 nitrogen and oxygen atoms in total. The highest BCUT2D eigenvalue weighted by Crippen LogP contribution is 2.28. The molecule has 0 N–H and O–H groups in total. The second-order valence-electron chi connectivity index (χ2n) is 5.45. The molecule has 0 saturated carbocycles. The van der Waals surface area contributed by atoms with Crippen LogP contribution in [0.4, 0.5) is 5.69 Å². The van der Waals surface area contributed by atoms with Gasteiger partial charge in [-0.3, -0.25) is 10.1 Å². The minimum atomic E-state index is -0.598. The van der Waals surface area contributed by atoms with Crippen LogP contribution in [-0.2, 0) is 9.57 Å². The van der Waals surface area contributed by atoms with Crippen molar-refractivity contribution in [2.45, 2.75) is 12.6 Å². The molecule has 1 heterocycles. The van der Waals surface area contributed by atoms with Crippen LogP contribution in [0.1, 0.15) is 28.6 Å². The van der Waals surface area contributed by atoms with Crippen molar-refractivity contribution >= 4 is 23.3 Å². The van der Waals surface area contributed by atoms with Crippen LogP contribution in [-0.4, -0.2) is 29.1 Å². The number of hydrogen-bond acceptors (Lipinski definition) is 6. The summed E-state index contributed by atoms with van der Waals surface area (Å²) in [6.07, 6.45) is 0.200. The van der Waals surface area contributed by atoms with E-state index in [0.29, 0.717) is 18.2 Å². The van der Waals surface area contributed by atoms with Crippen LogP contribution in [0, 0.1) is 10.1 Å². The molecule has 0 radical (unpaired) electrons.